The van der Waals surface area contributed by atoms with Crippen LogP contribution < -0.4 is 10.6 Å². The Morgan fingerprint density at radius 1 is 1.41 bits per heavy atom. The van der Waals surface area contributed by atoms with E-state index in [1.165, 1.54) is 22.5 Å². The van der Waals surface area contributed by atoms with Gasteiger partial charge in [-0.05, 0) is 50.4 Å². The molecule has 2 aromatic rings. The summed E-state index contributed by atoms with van der Waals surface area (Å²) in [6.45, 7) is 5.22. The first-order valence-corrected chi connectivity index (χ1v) is 8.56. The molecule has 116 valence electrons. The van der Waals surface area contributed by atoms with Crippen LogP contribution in [-0.2, 0) is 4.79 Å². The summed E-state index contributed by atoms with van der Waals surface area (Å²) in [6.07, 6.45) is 2.77. The number of aromatic nitrogens is 1. The molecule has 4 nitrogen and oxygen atoms in total. The second-order valence-corrected chi connectivity index (χ2v) is 6.74. The van der Waals surface area contributed by atoms with Crippen molar-refractivity contribution >= 4 is 22.4 Å². The Kier molecular flexibility index (Phi) is 4.55. The number of benzene rings is 1. The van der Waals surface area contributed by atoms with Gasteiger partial charge in [0.1, 0.15) is 0 Å². The van der Waals surface area contributed by atoms with Gasteiger partial charge in [-0.25, -0.2) is 4.98 Å². The smallest absolute Gasteiger partial charge is 0.227 e. The van der Waals surface area contributed by atoms with Crippen LogP contribution in [0, 0.1) is 13.8 Å². The number of nitrogens with zero attached hydrogens (tertiary/aromatic N) is 1. The maximum absolute atomic E-state index is 12.0. The fourth-order valence-electron chi connectivity index (χ4n) is 2.69. The molecular weight excluding hydrogens is 294 g/mol. The lowest BCUT2D eigenvalue weighted by Crippen LogP contribution is -2.27. The highest BCUT2D eigenvalue weighted by Crippen LogP contribution is 2.26. The van der Waals surface area contributed by atoms with Gasteiger partial charge in [0.15, 0.2) is 5.13 Å². The third-order valence-corrected chi connectivity index (χ3v) is 4.91. The van der Waals surface area contributed by atoms with Crippen molar-refractivity contribution in [2.45, 2.75) is 39.2 Å². The molecule has 1 fully saturated rings. The Balaban J connectivity index is 1.65. The molecular formula is C17H21N3OS. The Labute approximate surface area is 135 Å². The van der Waals surface area contributed by atoms with Crippen molar-refractivity contribution in [3.05, 3.63) is 34.7 Å². The summed E-state index contributed by atoms with van der Waals surface area (Å²) < 4.78 is 0. The molecule has 1 aromatic carbocycles. The number of rotatable bonds is 4. The van der Waals surface area contributed by atoms with Crippen LogP contribution in [-0.4, -0.2) is 23.5 Å². The largest absolute Gasteiger partial charge is 0.313 e. The van der Waals surface area contributed by atoms with Crippen LogP contribution in [0.3, 0.4) is 0 Å². The number of thiazole rings is 1. The van der Waals surface area contributed by atoms with Gasteiger partial charge in [0, 0.05) is 23.4 Å². The summed E-state index contributed by atoms with van der Waals surface area (Å²) >= 11 is 1.48. The van der Waals surface area contributed by atoms with Gasteiger partial charge in [0.25, 0.3) is 0 Å². The first-order chi connectivity index (χ1) is 10.6. The van der Waals surface area contributed by atoms with Gasteiger partial charge in [-0.3, -0.25) is 4.79 Å². The highest BCUT2D eigenvalue weighted by Gasteiger charge is 2.18. The Morgan fingerprint density at radius 3 is 3.00 bits per heavy atom. The van der Waals surface area contributed by atoms with Crippen molar-refractivity contribution < 1.29 is 4.79 Å². The molecule has 1 atom stereocenters. The number of carbonyl (C=O) groups is 1. The molecule has 2 heterocycles. The van der Waals surface area contributed by atoms with E-state index in [0.29, 0.717) is 17.6 Å². The van der Waals surface area contributed by atoms with Crippen LogP contribution in [0.5, 0.6) is 0 Å². The molecule has 1 unspecified atom stereocenters. The average molecular weight is 315 g/mol. The quantitative estimate of drug-likeness (QED) is 0.908. The van der Waals surface area contributed by atoms with E-state index < -0.39 is 0 Å². The van der Waals surface area contributed by atoms with Gasteiger partial charge >= 0.3 is 0 Å². The van der Waals surface area contributed by atoms with Crippen molar-refractivity contribution in [1.29, 1.82) is 0 Å². The molecule has 5 heteroatoms. The Morgan fingerprint density at radius 2 is 2.27 bits per heavy atom. The highest BCUT2D eigenvalue weighted by atomic mass is 32.1. The lowest BCUT2D eigenvalue weighted by Gasteiger charge is -2.08. The second-order valence-electron chi connectivity index (χ2n) is 5.88. The fraction of sp³-hybridized carbons (Fsp3) is 0.412. The standard InChI is InChI=1S/C17H21N3OS/c1-11-5-6-13(8-12(11)2)15-10-22-17(19-15)20-16(21)9-14-4-3-7-18-14/h5-6,8,10,14,18H,3-4,7,9H2,1-2H3,(H,19,20,21). The maximum Gasteiger partial charge on any atom is 0.227 e. The summed E-state index contributed by atoms with van der Waals surface area (Å²) in [5.74, 6) is 0.0420. The van der Waals surface area contributed by atoms with Gasteiger partial charge < -0.3 is 10.6 Å². The van der Waals surface area contributed by atoms with Crippen LogP contribution in [0.15, 0.2) is 23.6 Å². The number of carbonyl (C=O) groups excluding carboxylic acids is 1. The molecule has 1 amide bonds. The van der Waals surface area contributed by atoms with E-state index in [9.17, 15) is 4.79 Å². The molecule has 2 N–H and O–H groups in total. The highest BCUT2D eigenvalue weighted by molar-refractivity contribution is 7.14. The lowest BCUT2D eigenvalue weighted by molar-refractivity contribution is -0.116. The minimum atomic E-state index is 0.0420. The molecule has 0 aliphatic carbocycles. The number of hydrogen-bond donors (Lipinski definition) is 2. The zero-order valence-electron chi connectivity index (χ0n) is 13.0. The van der Waals surface area contributed by atoms with E-state index >= 15 is 0 Å². The normalized spacial score (nSPS) is 17.6. The van der Waals surface area contributed by atoms with Crippen molar-refractivity contribution in [3.8, 4) is 11.3 Å². The van der Waals surface area contributed by atoms with E-state index in [-0.39, 0.29) is 5.91 Å². The molecule has 1 aromatic heterocycles. The molecule has 0 saturated carbocycles. The molecule has 0 spiro atoms. The molecule has 0 bridgehead atoms. The van der Waals surface area contributed by atoms with Crippen molar-refractivity contribution in [3.63, 3.8) is 0 Å². The summed E-state index contributed by atoms with van der Waals surface area (Å²) in [5.41, 5.74) is 4.54. The molecule has 1 aliphatic rings. The second kappa shape index (κ2) is 6.58. The van der Waals surface area contributed by atoms with Gasteiger partial charge in [0.05, 0.1) is 5.69 Å². The molecule has 1 aliphatic heterocycles. The van der Waals surface area contributed by atoms with Crippen molar-refractivity contribution in [2.24, 2.45) is 0 Å². The number of amides is 1. The monoisotopic (exact) mass is 315 g/mol. The van der Waals surface area contributed by atoms with E-state index in [4.69, 9.17) is 0 Å². The molecule has 1 saturated heterocycles. The SMILES string of the molecule is Cc1ccc(-c2csc(NC(=O)CC3CCCN3)n2)cc1C. The van der Waals surface area contributed by atoms with E-state index in [1.54, 1.807) is 0 Å². The number of nitrogens with one attached hydrogen (secondary N) is 2. The van der Waals surface area contributed by atoms with E-state index in [0.717, 1.165) is 30.6 Å². The summed E-state index contributed by atoms with van der Waals surface area (Å²) in [7, 11) is 0. The van der Waals surface area contributed by atoms with Crippen molar-refractivity contribution in [2.75, 3.05) is 11.9 Å². The number of anilines is 1. The van der Waals surface area contributed by atoms with Crippen LogP contribution in [0.4, 0.5) is 5.13 Å². The van der Waals surface area contributed by atoms with Gasteiger partial charge in [-0.1, -0.05) is 12.1 Å². The number of hydrogen-bond acceptors (Lipinski definition) is 4. The van der Waals surface area contributed by atoms with Gasteiger partial charge in [0.2, 0.25) is 5.91 Å². The zero-order chi connectivity index (χ0) is 15.5. The third-order valence-electron chi connectivity index (χ3n) is 4.15. The molecule has 3 rings (SSSR count). The van der Waals surface area contributed by atoms with Crippen LogP contribution >= 0.6 is 11.3 Å². The third kappa shape index (κ3) is 3.54. The summed E-state index contributed by atoms with van der Waals surface area (Å²) in [4.78, 5) is 16.6. The molecule has 22 heavy (non-hydrogen) atoms. The predicted molar refractivity (Wildman–Crippen MR) is 91.3 cm³/mol. The fourth-order valence-corrected chi connectivity index (χ4v) is 3.43. The lowest BCUT2D eigenvalue weighted by atomic mass is 10.1. The number of aryl methyl sites for hydroxylation is 2. The van der Waals surface area contributed by atoms with Crippen LogP contribution in [0.25, 0.3) is 11.3 Å². The van der Waals surface area contributed by atoms with E-state index in [1.807, 2.05) is 5.38 Å². The molecule has 0 radical (unpaired) electrons. The maximum atomic E-state index is 12.0. The minimum Gasteiger partial charge on any atom is -0.313 e. The zero-order valence-corrected chi connectivity index (χ0v) is 13.8. The first kappa shape index (κ1) is 15.2. The summed E-state index contributed by atoms with van der Waals surface area (Å²) in [6, 6.07) is 6.64. The van der Waals surface area contributed by atoms with E-state index in [2.05, 4.69) is 47.7 Å². The van der Waals surface area contributed by atoms with Crippen molar-refractivity contribution in [1.82, 2.24) is 10.3 Å². The summed E-state index contributed by atoms with van der Waals surface area (Å²) in [5, 5.41) is 8.92. The minimum absolute atomic E-state index is 0.0420. The van der Waals surface area contributed by atoms with Crippen LogP contribution in [0.2, 0.25) is 0 Å². The van der Waals surface area contributed by atoms with Gasteiger partial charge in [-0.15, -0.1) is 11.3 Å². The topological polar surface area (TPSA) is 54.0 Å². The van der Waals surface area contributed by atoms with Crippen LogP contribution in [0.1, 0.15) is 30.4 Å². The average Bonchev–Trinajstić information content (AvgIpc) is 3.13. The predicted octanol–water partition coefficient (Wildman–Crippen LogP) is 3.51. The Bertz CT molecular complexity index is 674. The van der Waals surface area contributed by atoms with Gasteiger partial charge in [-0.2, -0.15) is 0 Å². The Hall–Kier alpha value is -1.72. The first-order valence-electron chi connectivity index (χ1n) is 7.68.